The van der Waals surface area contributed by atoms with Crippen molar-refractivity contribution in [3.63, 3.8) is 0 Å². The molecule has 1 aliphatic heterocycles. The number of carbonyl (C=O) groups is 2. The number of rotatable bonds is 7. The van der Waals surface area contributed by atoms with Crippen LogP contribution in [0.25, 0.3) is 0 Å². The van der Waals surface area contributed by atoms with Crippen LogP contribution in [0.4, 0.5) is 16.3 Å². The highest BCUT2D eigenvalue weighted by Gasteiger charge is 2.21. The summed E-state index contributed by atoms with van der Waals surface area (Å²) in [6, 6.07) is 16.5. The van der Waals surface area contributed by atoms with Crippen molar-refractivity contribution in [1.29, 1.82) is 0 Å². The Morgan fingerprint density at radius 2 is 1.76 bits per heavy atom. The monoisotopic (exact) mass is 460 g/mol. The minimum absolute atomic E-state index is 0.0280. The first-order valence-electron chi connectivity index (χ1n) is 11.3. The first kappa shape index (κ1) is 23.0. The van der Waals surface area contributed by atoms with Gasteiger partial charge in [-0.25, -0.2) is 14.8 Å². The quantitative estimate of drug-likeness (QED) is 0.560. The highest BCUT2D eigenvalue weighted by Crippen LogP contribution is 2.20. The zero-order chi connectivity index (χ0) is 23.8. The van der Waals surface area contributed by atoms with Gasteiger partial charge in [0.25, 0.3) is 0 Å². The number of aryl methyl sites for hydroxylation is 1. The molecule has 0 aliphatic carbocycles. The largest absolute Gasteiger partial charge is 0.439 e. The Labute approximate surface area is 198 Å². The van der Waals surface area contributed by atoms with E-state index in [0.29, 0.717) is 30.4 Å². The van der Waals surface area contributed by atoms with Crippen LogP contribution in [0.5, 0.6) is 11.6 Å². The Bertz CT molecular complexity index is 1080. The van der Waals surface area contributed by atoms with Gasteiger partial charge in [0.1, 0.15) is 11.6 Å². The number of nitrogens with one attached hydrogen (secondary N) is 2. The van der Waals surface area contributed by atoms with Crippen LogP contribution in [0, 0.1) is 6.92 Å². The van der Waals surface area contributed by atoms with E-state index in [4.69, 9.17) is 4.74 Å². The fraction of sp³-hybridized carbons (Fsp3) is 0.280. The predicted molar refractivity (Wildman–Crippen MR) is 130 cm³/mol. The zero-order valence-corrected chi connectivity index (χ0v) is 19.1. The van der Waals surface area contributed by atoms with E-state index >= 15 is 0 Å². The fourth-order valence-corrected chi connectivity index (χ4v) is 3.58. The molecule has 1 aliphatic rings. The van der Waals surface area contributed by atoms with Crippen molar-refractivity contribution in [1.82, 2.24) is 20.2 Å². The average molecular weight is 461 g/mol. The van der Waals surface area contributed by atoms with Crippen molar-refractivity contribution in [3.05, 3.63) is 72.6 Å². The predicted octanol–water partition coefficient (Wildman–Crippen LogP) is 3.44. The summed E-state index contributed by atoms with van der Waals surface area (Å²) in [5.41, 5.74) is 1.68. The molecule has 0 spiro atoms. The minimum Gasteiger partial charge on any atom is -0.439 e. The van der Waals surface area contributed by atoms with Crippen molar-refractivity contribution >= 4 is 23.4 Å². The second-order valence-corrected chi connectivity index (χ2v) is 7.99. The van der Waals surface area contributed by atoms with Gasteiger partial charge in [-0.15, -0.1) is 0 Å². The Morgan fingerprint density at radius 3 is 2.44 bits per heavy atom. The molecule has 1 aromatic carbocycles. The van der Waals surface area contributed by atoms with E-state index in [1.165, 1.54) is 6.20 Å². The van der Waals surface area contributed by atoms with Crippen molar-refractivity contribution in [2.45, 2.75) is 13.3 Å². The van der Waals surface area contributed by atoms with Gasteiger partial charge in [0.15, 0.2) is 0 Å². The van der Waals surface area contributed by atoms with Gasteiger partial charge in [0.05, 0.1) is 11.9 Å². The van der Waals surface area contributed by atoms with Crippen LogP contribution in [0.2, 0.25) is 0 Å². The molecule has 1 saturated heterocycles. The molecular formula is C25H28N6O3. The molecule has 2 aromatic heterocycles. The molecule has 0 saturated carbocycles. The summed E-state index contributed by atoms with van der Waals surface area (Å²) in [5.74, 6) is 2.08. The van der Waals surface area contributed by atoms with E-state index in [2.05, 4.69) is 25.5 Å². The van der Waals surface area contributed by atoms with Gasteiger partial charge in [-0.05, 0) is 37.3 Å². The van der Waals surface area contributed by atoms with Crippen molar-refractivity contribution in [2.75, 3.05) is 42.9 Å². The first-order chi connectivity index (χ1) is 16.6. The molecule has 9 heteroatoms. The Morgan fingerprint density at radius 1 is 0.971 bits per heavy atom. The maximum atomic E-state index is 12.5. The number of aromatic nitrogens is 2. The van der Waals surface area contributed by atoms with Crippen LogP contribution < -0.4 is 20.3 Å². The normalized spacial score (nSPS) is 13.3. The van der Waals surface area contributed by atoms with Crippen LogP contribution in [-0.4, -0.2) is 59.5 Å². The molecule has 0 bridgehead atoms. The molecule has 4 rings (SSSR count). The lowest BCUT2D eigenvalue weighted by Crippen LogP contribution is -2.49. The van der Waals surface area contributed by atoms with Gasteiger partial charge in [-0.3, -0.25) is 4.79 Å². The Kier molecular flexibility index (Phi) is 7.54. The summed E-state index contributed by atoms with van der Waals surface area (Å²) in [7, 11) is 0. The van der Waals surface area contributed by atoms with Crippen LogP contribution in [0.3, 0.4) is 0 Å². The maximum absolute atomic E-state index is 12.5. The zero-order valence-electron chi connectivity index (χ0n) is 19.1. The molecule has 176 valence electrons. The minimum atomic E-state index is -0.387. The maximum Gasteiger partial charge on any atom is 0.319 e. The Balaban J connectivity index is 1.15. The average Bonchev–Trinajstić information content (AvgIpc) is 2.87. The van der Waals surface area contributed by atoms with E-state index in [-0.39, 0.29) is 24.9 Å². The number of pyridine rings is 2. The van der Waals surface area contributed by atoms with E-state index in [0.717, 1.165) is 24.5 Å². The third-order valence-electron chi connectivity index (χ3n) is 5.47. The molecule has 2 N–H and O–H groups in total. The highest BCUT2D eigenvalue weighted by molar-refractivity contribution is 5.89. The van der Waals surface area contributed by atoms with Gasteiger partial charge in [-0.2, -0.15) is 0 Å². The number of amides is 3. The van der Waals surface area contributed by atoms with Crippen molar-refractivity contribution in [3.8, 4) is 11.6 Å². The standard InChI is InChI=1S/C25H28N6O3/c1-19-5-8-21(9-6-19)34-23-10-7-20(18-28-23)29-25(33)27-13-11-24(32)31-16-14-30(15-17-31)22-4-2-3-12-26-22/h2-10,12,18H,11,13-17H2,1H3,(H2,27,29,33). The number of piperazine rings is 1. The molecule has 3 amide bonds. The lowest BCUT2D eigenvalue weighted by Gasteiger charge is -2.35. The van der Waals surface area contributed by atoms with Gasteiger partial charge in [0.2, 0.25) is 11.8 Å². The second-order valence-electron chi connectivity index (χ2n) is 7.99. The van der Waals surface area contributed by atoms with Crippen molar-refractivity contribution < 1.29 is 14.3 Å². The van der Waals surface area contributed by atoms with E-state index in [9.17, 15) is 9.59 Å². The molecule has 3 aromatic rings. The summed E-state index contributed by atoms with van der Waals surface area (Å²) in [6.45, 7) is 5.04. The Hall–Kier alpha value is -4.14. The molecule has 0 unspecified atom stereocenters. The number of benzene rings is 1. The van der Waals surface area contributed by atoms with Crippen LogP contribution >= 0.6 is 0 Å². The van der Waals surface area contributed by atoms with Gasteiger partial charge >= 0.3 is 6.03 Å². The summed E-state index contributed by atoms with van der Waals surface area (Å²) < 4.78 is 5.69. The summed E-state index contributed by atoms with van der Waals surface area (Å²) in [6.07, 6.45) is 3.54. The highest BCUT2D eigenvalue weighted by atomic mass is 16.5. The van der Waals surface area contributed by atoms with Crippen LogP contribution in [0.15, 0.2) is 67.0 Å². The molecule has 9 nitrogen and oxygen atoms in total. The number of urea groups is 1. The summed E-state index contributed by atoms with van der Waals surface area (Å²) >= 11 is 0. The molecule has 34 heavy (non-hydrogen) atoms. The smallest absolute Gasteiger partial charge is 0.319 e. The van der Waals surface area contributed by atoms with Crippen LogP contribution in [-0.2, 0) is 4.79 Å². The topological polar surface area (TPSA) is 99.7 Å². The number of carbonyl (C=O) groups excluding carboxylic acids is 2. The molecule has 3 heterocycles. The molecule has 1 fully saturated rings. The number of hydrogen-bond donors (Lipinski definition) is 2. The van der Waals surface area contributed by atoms with E-state index < -0.39 is 0 Å². The summed E-state index contributed by atoms with van der Waals surface area (Å²) in [4.78, 5) is 37.2. The van der Waals surface area contributed by atoms with E-state index in [1.807, 2.05) is 54.3 Å². The number of nitrogens with zero attached hydrogens (tertiary/aromatic N) is 4. The number of ether oxygens (including phenoxy) is 1. The van der Waals surface area contributed by atoms with Crippen LogP contribution in [0.1, 0.15) is 12.0 Å². The second kappa shape index (κ2) is 11.1. The number of hydrogen-bond acceptors (Lipinski definition) is 6. The lowest BCUT2D eigenvalue weighted by atomic mass is 10.2. The molecular weight excluding hydrogens is 432 g/mol. The van der Waals surface area contributed by atoms with Gasteiger partial charge in [0, 0.05) is 51.4 Å². The van der Waals surface area contributed by atoms with Crippen molar-refractivity contribution in [2.24, 2.45) is 0 Å². The number of anilines is 2. The summed E-state index contributed by atoms with van der Waals surface area (Å²) in [5, 5.41) is 5.43. The lowest BCUT2D eigenvalue weighted by molar-refractivity contribution is -0.131. The van der Waals surface area contributed by atoms with E-state index in [1.54, 1.807) is 18.3 Å². The van der Waals surface area contributed by atoms with Gasteiger partial charge < -0.3 is 25.2 Å². The molecule has 0 radical (unpaired) electrons. The third kappa shape index (κ3) is 6.44. The van der Waals surface area contributed by atoms with Gasteiger partial charge in [-0.1, -0.05) is 23.8 Å². The first-order valence-corrected chi connectivity index (χ1v) is 11.3. The fourth-order valence-electron chi connectivity index (χ4n) is 3.58. The molecule has 0 atom stereocenters. The third-order valence-corrected chi connectivity index (χ3v) is 5.47. The SMILES string of the molecule is Cc1ccc(Oc2ccc(NC(=O)NCCC(=O)N3CCN(c4ccccn4)CC3)cn2)cc1.